The van der Waals surface area contributed by atoms with Crippen molar-refractivity contribution in [1.29, 1.82) is 0 Å². The summed E-state index contributed by atoms with van der Waals surface area (Å²) < 4.78 is 13.1. The maximum absolute atomic E-state index is 13.1. The third-order valence-electron chi connectivity index (χ3n) is 4.90. The Morgan fingerprint density at radius 2 is 1.81 bits per heavy atom. The summed E-state index contributed by atoms with van der Waals surface area (Å²) in [7, 11) is 0. The summed E-state index contributed by atoms with van der Waals surface area (Å²) in [4.78, 5) is 27.0. The number of hydrogen-bond donors (Lipinski definition) is 1. The Hall–Kier alpha value is -2.40. The van der Waals surface area contributed by atoms with Crippen LogP contribution in [0.2, 0.25) is 5.02 Å². The molecule has 0 bridgehead atoms. The van der Waals surface area contributed by atoms with E-state index in [4.69, 9.17) is 11.6 Å². The lowest BCUT2D eigenvalue weighted by Gasteiger charge is -2.32. The topological polar surface area (TPSA) is 49.4 Å². The van der Waals surface area contributed by atoms with Gasteiger partial charge < -0.3 is 10.2 Å². The minimum Gasteiger partial charge on any atom is -0.349 e. The molecule has 4 nitrogen and oxygen atoms in total. The molecule has 0 spiro atoms. The molecule has 0 radical (unpaired) electrons. The zero-order chi connectivity index (χ0) is 19.4. The third-order valence-corrected chi connectivity index (χ3v) is 5.15. The Morgan fingerprint density at radius 1 is 1.15 bits per heavy atom. The van der Waals surface area contributed by atoms with E-state index in [9.17, 15) is 14.0 Å². The fourth-order valence-corrected chi connectivity index (χ4v) is 3.44. The standard InChI is InChI=1S/C21H22ClFN2O2/c1-14(15-4-8-18(22)9-5-15)24-20(26)17-3-2-12-25(13-17)21(27)16-6-10-19(23)11-7-16/h4-11,14,17H,2-3,12-13H2,1H3,(H,24,26). The van der Waals surface area contributed by atoms with Crippen molar-refractivity contribution in [3.63, 3.8) is 0 Å². The van der Waals surface area contributed by atoms with Crippen molar-refractivity contribution in [2.75, 3.05) is 13.1 Å². The average Bonchev–Trinajstić information content (AvgIpc) is 2.68. The number of likely N-dealkylation sites (tertiary alicyclic amines) is 1. The van der Waals surface area contributed by atoms with Gasteiger partial charge in [0.15, 0.2) is 0 Å². The predicted molar refractivity (Wildman–Crippen MR) is 103 cm³/mol. The summed E-state index contributed by atoms with van der Waals surface area (Å²) in [5, 5.41) is 3.67. The second-order valence-electron chi connectivity index (χ2n) is 6.88. The molecule has 6 heteroatoms. The van der Waals surface area contributed by atoms with Crippen LogP contribution in [0.4, 0.5) is 4.39 Å². The monoisotopic (exact) mass is 388 g/mol. The maximum Gasteiger partial charge on any atom is 0.253 e. The number of hydrogen-bond acceptors (Lipinski definition) is 2. The molecular weight excluding hydrogens is 367 g/mol. The van der Waals surface area contributed by atoms with Crippen LogP contribution in [0.25, 0.3) is 0 Å². The van der Waals surface area contributed by atoms with Gasteiger partial charge in [0, 0.05) is 23.7 Å². The summed E-state index contributed by atoms with van der Waals surface area (Å²) >= 11 is 5.90. The van der Waals surface area contributed by atoms with Crippen LogP contribution in [0.3, 0.4) is 0 Å². The summed E-state index contributed by atoms with van der Waals surface area (Å²) in [6, 6.07) is 12.7. The fourth-order valence-electron chi connectivity index (χ4n) is 3.32. The number of nitrogens with zero attached hydrogens (tertiary/aromatic N) is 1. The maximum atomic E-state index is 13.1. The second-order valence-corrected chi connectivity index (χ2v) is 7.32. The summed E-state index contributed by atoms with van der Waals surface area (Å²) in [6.07, 6.45) is 1.51. The van der Waals surface area contributed by atoms with Gasteiger partial charge >= 0.3 is 0 Å². The molecule has 1 N–H and O–H groups in total. The van der Waals surface area contributed by atoms with Crippen molar-refractivity contribution in [1.82, 2.24) is 10.2 Å². The first-order chi connectivity index (χ1) is 12.9. The van der Waals surface area contributed by atoms with E-state index < -0.39 is 0 Å². The van der Waals surface area contributed by atoms with Gasteiger partial charge in [-0.25, -0.2) is 4.39 Å². The first-order valence-corrected chi connectivity index (χ1v) is 9.42. The van der Waals surface area contributed by atoms with E-state index in [0.717, 1.165) is 18.4 Å². The Kier molecular flexibility index (Phi) is 6.11. The van der Waals surface area contributed by atoms with Crippen LogP contribution in [0.1, 0.15) is 41.7 Å². The molecule has 0 saturated carbocycles. The Labute approximate surface area is 163 Å². The van der Waals surface area contributed by atoms with Crippen LogP contribution in [-0.4, -0.2) is 29.8 Å². The number of rotatable bonds is 4. The van der Waals surface area contributed by atoms with Crippen LogP contribution in [0.5, 0.6) is 0 Å². The number of halogens is 2. The number of carbonyl (C=O) groups is 2. The minimum absolute atomic E-state index is 0.0611. The molecule has 1 heterocycles. The zero-order valence-electron chi connectivity index (χ0n) is 15.1. The quantitative estimate of drug-likeness (QED) is 0.853. The SMILES string of the molecule is CC(NC(=O)C1CCCN(C(=O)c2ccc(F)cc2)C1)c1ccc(Cl)cc1. The molecule has 0 aromatic heterocycles. The highest BCUT2D eigenvalue weighted by molar-refractivity contribution is 6.30. The van der Waals surface area contributed by atoms with Crippen molar-refractivity contribution in [2.24, 2.45) is 5.92 Å². The fraction of sp³-hybridized carbons (Fsp3) is 0.333. The van der Waals surface area contributed by atoms with Gasteiger partial charge in [-0.15, -0.1) is 0 Å². The van der Waals surface area contributed by atoms with Crippen LogP contribution in [0, 0.1) is 11.7 Å². The molecule has 2 atom stereocenters. The largest absolute Gasteiger partial charge is 0.349 e. The van der Waals surface area contributed by atoms with E-state index in [0.29, 0.717) is 23.7 Å². The molecule has 1 aliphatic rings. The zero-order valence-corrected chi connectivity index (χ0v) is 15.9. The van der Waals surface area contributed by atoms with Gasteiger partial charge in [0.25, 0.3) is 5.91 Å². The minimum atomic E-state index is -0.376. The van der Waals surface area contributed by atoms with Crippen LogP contribution in [0.15, 0.2) is 48.5 Å². The Morgan fingerprint density at radius 3 is 2.48 bits per heavy atom. The molecule has 1 aliphatic heterocycles. The highest BCUT2D eigenvalue weighted by atomic mass is 35.5. The molecule has 0 aliphatic carbocycles. The van der Waals surface area contributed by atoms with Crippen LogP contribution < -0.4 is 5.32 Å². The summed E-state index contributed by atoms with van der Waals surface area (Å²) in [6.45, 7) is 2.90. The molecule has 2 aromatic carbocycles. The lowest BCUT2D eigenvalue weighted by molar-refractivity contribution is -0.127. The highest BCUT2D eigenvalue weighted by Gasteiger charge is 2.29. The summed E-state index contributed by atoms with van der Waals surface area (Å²) in [5.41, 5.74) is 1.41. The Balaban J connectivity index is 1.61. The van der Waals surface area contributed by atoms with Gasteiger partial charge in [-0.1, -0.05) is 23.7 Å². The van der Waals surface area contributed by atoms with Crippen LogP contribution >= 0.6 is 11.6 Å². The molecule has 2 amide bonds. The van der Waals surface area contributed by atoms with E-state index in [1.807, 2.05) is 19.1 Å². The van der Waals surface area contributed by atoms with E-state index in [1.54, 1.807) is 17.0 Å². The average molecular weight is 389 g/mol. The van der Waals surface area contributed by atoms with E-state index in [-0.39, 0.29) is 29.6 Å². The molecule has 2 aromatic rings. The van der Waals surface area contributed by atoms with Gasteiger partial charge in [0.05, 0.1) is 12.0 Å². The third kappa shape index (κ3) is 4.86. The molecular formula is C21H22ClFN2O2. The number of benzene rings is 2. The number of amides is 2. The lowest BCUT2D eigenvalue weighted by atomic mass is 9.95. The predicted octanol–water partition coefficient (Wildman–Crippen LogP) is 4.21. The van der Waals surface area contributed by atoms with Gasteiger partial charge in [-0.2, -0.15) is 0 Å². The Bertz CT molecular complexity index is 808. The normalized spacial score (nSPS) is 18.0. The van der Waals surface area contributed by atoms with Crippen molar-refractivity contribution in [2.45, 2.75) is 25.8 Å². The number of carbonyl (C=O) groups excluding carboxylic acids is 2. The number of nitrogens with one attached hydrogen (secondary N) is 1. The first kappa shape index (κ1) is 19.4. The van der Waals surface area contributed by atoms with Crippen molar-refractivity contribution in [3.8, 4) is 0 Å². The highest BCUT2D eigenvalue weighted by Crippen LogP contribution is 2.21. The van der Waals surface area contributed by atoms with Crippen molar-refractivity contribution in [3.05, 3.63) is 70.5 Å². The number of piperidine rings is 1. The van der Waals surface area contributed by atoms with Gasteiger partial charge in [-0.05, 0) is 61.7 Å². The molecule has 3 rings (SSSR count). The van der Waals surface area contributed by atoms with E-state index in [1.165, 1.54) is 24.3 Å². The first-order valence-electron chi connectivity index (χ1n) is 9.04. The van der Waals surface area contributed by atoms with E-state index >= 15 is 0 Å². The van der Waals surface area contributed by atoms with Gasteiger partial charge in [-0.3, -0.25) is 9.59 Å². The molecule has 27 heavy (non-hydrogen) atoms. The van der Waals surface area contributed by atoms with Gasteiger partial charge in [0.1, 0.15) is 5.82 Å². The van der Waals surface area contributed by atoms with Crippen molar-refractivity contribution < 1.29 is 14.0 Å². The van der Waals surface area contributed by atoms with Gasteiger partial charge in [0.2, 0.25) is 5.91 Å². The second kappa shape index (κ2) is 8.53. The molecule has 142 valence electrons. The molecule has 1 fully saturated rings. The van der Waals surface area contributed by atoms with Crippen molar-refractivity contribution >= 4 is 23.4 Å². The smallest absolute Gasteiger partial charge is 0.253 e. The lowest BCUT2D eigenvalue weighted by Crippen LogP contribution is -2.45. The van der Waals surface area contributed by atoms with Crippen LogP contribution in [-0.2, 0) is 4.79 Å². The van der Waals surface area contributed by atoms with E-state index in [2.05, 4.69) is 5.32 Å². The summed E-state index contributed by atoms with van der Waals surface area (Å²) in [5.74, 6) is -0.858. The molecule has 2 unspecified atom stereocenters. The molecule has 1 saturated heterocycles.